The summed E-state index contributed by atoms with van der Waals surface area (Å²) in [5.41, 5.74) is 0. The summed E-state index contributed by atoms with van der Waals surface area (Å²) in [6, 6.07) is 0. The number of hydrogen-bond acceptors (Lipinski definition) is 17. The van der Waals surface area contributed by atoms with E-state index in [9.17, 15) is 59.9 Å². The minimum atomic E-state index is -5.37. The molecule has 1 aliphatic heterocycles. The van der Waals surface area contributed by atoms with E-state index in [1.807, 2.05) is 0 Å². The molecular formula is C52H99O18P. The van der Waals surface area contributed by atoms with Crippen LogP contribution in [0.5, 0.6) is 0 Å². The van der Waals surface area contributed by atoms with Crippen molar-refractivity contribution in [3.8, 4) is 0 Å². The molecule has 1 saturated carbocycles. The molecular weight excluding hydrogens is 944 g/mol. The molecule has 0 spiro atoms. The van der Waals surface area contributed by atoms with Crippen LogP contribution in [0.15, 0.2) is 0 Å². The smallest absolute Gasteiger partial charge is 0.462 e. The molecule has 0 radical (unpaired) electrons. The third kappa shape index (κ3) is 28.4. The number of rotatable bonds is 44. The first-order valence-corrected chi connectivity index (χ1v) is 29.4. The largest absolute Gasteiger partial charge is 0.472 e. The van der Waals surface area contributed by atoms with Crippen molar-refractivity contribution in [2.75, 3.05) is 19.8 Å². The lowest BCUT2D eigenvalue weighted by atomic mass is 9.84. The van der Waals surface area contributed by atoms with E-state index in [-0.39, 0.29) is 12.8 Å². The number of phosphoric ester groups is 1. The van der Waals surface area contributed by atoms with Crippen LogP contribution in [0.25, 0.3) is 0 Å². The zero-order valence-electron chi connectivity index (χ0n) is 43.5. The van der Waals surface area contributed by atoms with Crippen molar-refractivity contribution in [2.45, 2.75) is 299 Å². The molecule has 0 bridgehead atoms. The second kappa shape index (κ2) is 40.0. The molecule has 18 nitrogen and oxygen atoms in total. The maximum atomic E-state index is 13.4. The summed E-state index contributed by atoms with van der Waals surface area (Å²) in [6.45, 7) is 2.27. The molecule has 420 valence electrons. The fourth-order valence-corrected chi connectivity index (χ4v) is 10.2. The van der Waals surface area contributed by atoms with Gasteiger partial charge in [-0.15, -0.1) is 0 Å². The zero-order valence-corrected chi connectivity index (χ0v) is 44.4. The van der Waals surface area contributed by atoms with Crippen LogP contribution in [-0.2, 0) is 42.1 Å². The Morgan fingerprint density at radius 3 is 1.25 bits per heavy atom. The molecule has 19 heteroatoms. The third-order valence-corrected chi connectivity index (χ3v) is 14.8. The maximum Gasteiger partial charge on any atom is 0.472 e. The molecule has 0 aromatic heterocycles. The number of ether oxygens (including phenoxy) is 4. The molecule has 2 rings (SSSR count). The molecule has 71 heavy (non-hydrogen) atoms. The quantitative estimate of drug-likeness (QED) is 0.0162. The predicted molar refractivity (Wildman–Crippen MR) is 268 cm³/mol. The van der Waals surface area contributed by atoms with E-state index in [0.29, 0.717) is 12.8 Å². The Balaban J connectivity index is 1.89. The highest BCUT2D eigenvalue weighted by atomic mass is 31.2. The van der Waals surface area contributed by atoms with Gasteiger partial charge in [0.25, 0.3) is 0 Å². The molecule has 13 atom stereocenters. The van der Waals surface area contributed by atoms with E-state index in [2.05, 4.69) is 13.8 Å². The van der Waals surface area contributed by atoms with Crippen molar-refractivity contribution >= 4 is 19.8 Å². The van der Waals surface area contributed by atoms with Crippen molar-refractivity contribution in [2.24, 2.45) is 0 Å². The van der Waals surface area contributed by atoms with Crippen LogP contribution in [0.1, 0.15) is 226 Å². The van der Waals surface area contributed by atoms with Gasteiger partial charge in [-0.1, -0.05) is 200 Å². The molecule has 1 aliphatic carbocycles. The van der Waals surface area contributed by atoms with E-state index < -0.39 is 113 Å². The minimum absolute atomic E-state index is 0.0404. The van der Waals surface area contributed by atoms with Gasteiger partial charge in [0, 0.05) is 12.8 Å². The van der Waals surface area contributed by atoms with Gasteiger partial charge in [0.05, 0.1) is 13.2 Å². The number of hydrogen-bond donors (Lipinski definition) is 9. The summed E-state index contributed by atoms with van der Waals surface area (Å²) in [4.78, 5) is 36.7. The Morgan fingerprint density at radius 2 is 0.845 bits per heavy atom. The topological polar surface area (TPSA) is 289 Å². The number of carbonyl (C=O) groups is 2. The molecule has 2 fully saturated rings. The highest BCUT2D eigenvalue weighted by Crippen LogP contribution is 2.48. The number of phosphoric acid groups is 1. The normalized spacial score (nSPS) is 27.1. The Bertz CT molecular complexity index is 1380. The van der Waals surface area contributed by atoms with E-state index in [1.165, 1.54) is 135 Å². The van der Waals surface area contributed by atoms with Gasteiger partial charge in [-0.25, -0.2) is 4.57 Å². The van der Waals surface area contributed by atoms with Crippen LogP contribution in [0.4, 0.5) is 0 Å². The van der Waals surface area contributed by atoms with Crippen LogP contribution >= 0.6 is 7.82 Å². The summed E-state index contributed by atoms with van der Waals surface area (Å²) in [5, 5.41) is 83.1. The predicted octanol–water partition coefficient (Wildman–Crippen LogP) is 7.50. The standard InChI is InChI=1S/C52H99O18P/c1-3-5-7-9-11-13-15-17-19-20-21-23-25-27-29-31-33-35-42(55)67-39(37-65-41(54)34-32-30-28-26-24-22-18-16-14-12-10-8-6-4-2)38-66-71(63,64)70-51-48(61)46(59)45(58)47(60)50(51)69-52-49(62)44(57)43(56)40(36-53)68-52/h39-40,43-53,56-62H,3-38H2,1-2H3,(H,63,64). The van der Waals surface area contributed by atoms with Gasteiger partial charge in [0.2, 0.25) is 0 Å². The highest BCUT2D eigenvalue weighted by molar-refractivity contribution is 7.47. The molecule has 0 aromatic carbocycles. The second-order valence-corrected chi connectivity index (χ2v) is 21.5. The SMILES string of the molecule is CCCCCCCCCCCCCCCCCCCC(=O)OC(COC(=O)CCCCCCCCCCCCCCCC)COP(=O)(O)OC1C(O)C(O)C(O)C(O)C1OC1OC(CO)C(O)C(O)C1O. The first kappa shape index (κ1) is 65.8. The lowest BCUT2D eigenvalue weighted by molar-refractivity contribution is -0.338. The molecule has 9 N–H and O–H groups in total. The van der Waals surface area contributed by atoms with Gasteiger partial charge in [-0.05, 0) is 12.8 Å². The monoisotopic (exact) mass is 1040 g/mol. The fourth-order valence-electron chi connectivity index (χ4n) is 9.24. The van der Waals surface area contributed by atoms with Gasteiger partial charge < -0.3 is 64.7 Å². The van der Waals surface area contributed by atoms with Crippen molar-refractivity contribution in [1.82, 2.24) is 0 Å². The number of aliphatic hydroxyl groups is 8. The summed E-state index contributed by atoms with van der Waals surface area (Å²) >= 11 is 0. The van der Waals surface area contributed by atoms with Gasteiger partial charge in [0.15, 0.2) is 12.4 Å². The fraction of sp³-hybridized carbons (Fsp3) is 0.962. The molecule has 13 unspecified atom stereocenters. The molecule has 0 aromatic rings. The van der Waals surface area contributed by atoms with Gasteiger partial charge in [-0.3, -0.25) is 18.6 Å². The van der Waals surface area contributed by atoms with Crippen LogP contribution in [0.3, 0.4) is 0 Å². The minimum Gasteiger partial charge on any atom is -0.462 e. The first-order valence-electron chi connectivity index (χ1n) is 27.9. The van der Waals surface area contributed by atoms with Crippen LogP contribution in [-0.4, -0.2) is 151 Å². The summed E-state index contributed by atoms with van der Waals surface area (Å²) < 4.78 is 45.6. The maximum absolute atomic E-state index is 13.4. The Hall–Kier alpha value is -1.35. The zero-order chi connectivity index (χ0) is 52.3. The first-order chi connectivity index (χ1) is 34.2. The summed E-state index contributed by atoms with van der Waals surface area (Å²) in [6.07, 6.45) is 13.1. The number of carbonyl (C=O) groups excluding carboxylic acids is 2. The lowest BCUT2D eigenvalue weighted by Gasteiger charge is -2.47. The Kier molecular flexibility index (Phi) is 37.0. The molecule has 0 amide bonds. The number of unbranched alkanes of at least 4 members (excludes halogenated alkanes) is 29. The van der Waals surface area contributed by atoms with Crippen molar-refractivity contribution in [1.29, 1.82) is 0 Å². The Labute approximate surface area is 425 Å². The van der Waals surface area contributed by atoms with Crippen LogP contribution in [0, 0.1) is 0 Å². The molecule has 1 saturated heterocycles. The van der Waals surface area contributed by atoms with Gasteiger partial charge in [0.1, 0.15) is 67.6 Å². The number of esters is 2. The highest BCUT2D eigenvalue weighted by Gasteiger charge is 2.55. The Morgan fingerprint density at radius 1 is 0.479 bits per heavy atom. The van der Waals surface area contributed by atoms with Gasteiger partial charge in [-0.2, -0.15) is 0 Å². The van der Waals surface area contributed by atoms with Crippen molar-refractivity contribution in [3.63, 3.8) is 0 Å². The van der Waals surface area contributed by atoms with E-state index >= 15 is 0 Å². The molecule has 2 aliphatic rings. The van der Waals surface area contributed by atoms with E-state index in [0.717, 1.165) is 51.4 Å². The van der Waals surface area contributed by atoms with Crippen LogP contribution < -0.4 is 0 Å². The summed E-state index contributed by atoms with van der Waals surface area (Å²) in [5.74, 6) is -1.20. The molecule has 1 heterocycles. The summed E-state index contributed by atoms with van der Waals surface area (Å²) in [7, 11) is -5.37. The lowest BCUT2D eigenvalue weighted by Crippen LogP contribution is -2.67. The van der Waals surface area contributed by atoms with Crippen molar-refractivity contribution < 1.29 is 87.9 Å². The average Bonchev–Trinajstić information content (AvgIpc) is 3.35. The van der Waals surface area contributed by atoms with E-state index in [1.54, 1.807) is 0 Å². The average molecular weight is 1040 g/mol. The van der Waals surface area contributed by atoms with Crippen molar-refractivity contribution in [3.05, 3.63) is 0 Å². The number of aliphatic hydroxyl groups excluding tert-OH is 8. The van der Waals surface area contributed by atoms with E-state index in [4.69, 9.17) is 28.0 Å². The second-order valence-electron chi connectivity index (χ2n) is 20.1. The van der Waals surface area contributed by atoms with Gasteiger partial charge >= 0.3 is 19.8 Å². The third-order valence-electron chi connectivity index (χ3n) is 13.8. The van der Waals surface area contributed by atoms with Crippen LogP contribution in [0.2, 0.25) is 0 Å².